The predicted molar refractivity (Wildman–Crippen MR) is 92.5 cm³/mol. The summed E-state index contributed by atoms with van der Waals surface area (Å²) in [7, 11) is 0. The Hall–Kier alpha value is -2.18. The minimum absolute atomic E-state index is 0.0907. The van der Waals surface area contributed by atoms with E-state index in [1.165, 1.54) is 11.3 Å². The van der Waals surface area contributed by atoms with Crippen LogP contribution in [0.2, 0.25) is 0 Å². The van der Waals surface area contributed by atoms with Crippen LogP contribution in [-0.2, 0) is 6.54 Å². The lowest BCUT2D eigenvalue weighted by Gasteiger charge is -2.18. The molecule has 23 heavy (non-hydrogen) atoms. The topological polar surface area (TPSA) is 84.2 Å². The molecule has 2 amide bonds. The number of benzene rings is 1. The van der Waals surface area contributed by atoms with Crippen molar-refractivity contribution < 1.29 is 9.59 Å². The smallest absolute Gasteiger partial charge is 0.261 e. The Morgan fingerprint density at radius 3 is 2.35 bits per heavy atom. The first-order chi connectivity index (χ1) is 10.8. The molecule has 0 atom stereocenters. The maximum absolute atomic E-state index is 12.0. The molecule has 0 aliphatic rings. The molecule has 0 aliphatic carbocycles. The minimum Gasteiger partial charge on any atom is -0.350 e. The number of nitrogens with one attached hydrogen (secondary N) is 2. The van der Waals surface area contributed by atoms with Crippen molar-refractivity contribution in [2.24, 2.45) is 5.73 Å². The number of carbonyl (C=O) groups excluding carboxylic acids is 2. The monoisotopic (exact) mass is 331 g/mol. The van der Waals surface area contributed by atoms with E-state index in [9.17, 15) is 9.59 Å². The van der Waals surface area contributed by atoms with Crippen LogP contribution in [0.3, 0.4) is 0 Å². The maximum atomic E-state index is 12.0. The number of hydrogen-bond donors (Lipinski definition) is 3. The van der Waals surface area contributed by atoms with E-state index in [4.69, 9.17) is 5.73 Å². The summed E-state index contributed by atoms with van der Waals surface area (Å²) in [5.74, 6) is -0.246. The molecule has 0 aliphatic heterocycles. The quantitative estimate of drug-likeness (QED) is 0.758. The Bertz CT molecular complexity index is 658. The Labute approximate surface area is 139 Å². The van der Waals surface area contributed by atoms with E-state index < -0.39 is 5.54 Å². The number of amides is 2. The minimum atomic E-state index is -0.443. The molecule has 1 aromatic carbocycles. The molecule has 1 heterocycles. The van der Waals surface area contributed by atoms with Crippen molar-refractivity contribution in [2.45, 2.75) is 25.9 Å². The highest BCUT2D eigenvalue weighted by atomic mass is 32.1. The van der Waals surface area contributed by atoms with Crippen molar-refractivity contribution in [1.82, 2.24) is 10.6 Å². The average Bonchev–Trinajstić information content (AvgIpc) is 3.04. The van der Waals surface area contributed by atoms with Crippen molar-refractivity contribution in [1.29, 1.82) is 0 Å². The highest BCUT2D eigenvalue weighted by molar-refractivity contribution is 7.12. The van der Waals surface area contributed by atoms with Gasteiger partial charge in [-0.1, -0.05) is 18.2 Å². The van der Waals surface area contributed by atoms with E-state index in [0.29, 0.717) is 23.5 Å². The first-order valence-electron chi connectivity index (χ1n) is 7.33. The summed E-state index contributed by atoms with van der Waals surface area (Å²) in [6.07, 6.45) is 0. The summed E-state index contributed by atoms with van der Waals surface area (Å²) in [6.45, 7) is 4.54. The van der Waals surface area contributed by atoms with E-state index in [-0.39, 0.29) is 11.8 Å². The number of hydrogen-bond acceptors (Lipinski definition) is 4. The van der Waals surface area contributed by atoms with Crippen molar-refractivity contribution >= 4 is 23.2 Å². The van der Waals surface area contributed by atoms with Gasteiger partial charge in [0.05, 0.1) is 4.88 Å². The molecular formula is C17H21N3O2S. The lowest BCUT2D eigenvalue weighted by atomic mass is 10.1. The summed E-state index contributed by atoms with van der Waals surface area (Å²) in [6, 6.07) is 10.8. The standard InChI is InChI=1S/C17H21N3O2S/c1-17(2,18)11-20-15(21)13-7-5-12(6-8-13)10-19-16(22)14-4-3-9-23-14/h3-9H,10-11,18H2,1-2H3,(H,19,22)(H,20,21). The van der Waals surface area contributed by atoms with Gasteiger partial charge in [-0.3, -0.25) is 9.59 Å². The molecule has 2 rings (SSSR count). The van der Waals surface area contributed by atoms with Gasteiger partial charge in [-0.15, -0.1) is 11.3 Å². The highest BCUT2D eigenvalue weighted by Crippen LogP contribution is 2.09. The molecule has 0 saturated carbocycles. The van der Waals surface area contributed by atoms with Gasteiger partial charge in [-0.05, 0) is 43.0 Å². The molecular weight excluding hydrogens is 310 g/mol. The molecule has 0 saturated heterocycles. The van der Waals surface area contributed by atoms with Gasteiger partial charge in [0.1, 0.15) is 0 Å². The average molecular weight is 331 g/mol. The summed E-state index contributed by atoms with van der Waals surface area (Å²) < 4.78 is 0. The fraction of sp³-hybridized carbons (Fsp3) is 0.294. The van der Waals surface area contributed by atoms with Crippen LogP contribution in [0.15, 0.2) is 41.8 Å². The Balaban J connectivity index is 1.87. The Morgan fingerprint density at radius 1 is 1.09 bits per heavy atom. The zero-order valence-electron chi connectivity index (χ0n) is 13.3. The van der Waals surface area contributed by atoms with Crippen LogP contribution in [0, 0.1) is 0 Å². The fourth-order valence-corrected chi connectivity index (χ4v) is 2.50. The normalized spacial score (nSPS) is 11.1. The molecule has 1 aromatic heterocycles. The van der Waals surface area contributed by atoms with Crippen molar-refractivity contribution in [3.05, 3.63) is 57.8 Å². The summed E-state index contributed by atoms with van der Waals surface area (Å²) in [5.41, 5.74) is 6.90. The zero-order chi connectivity index (χ0) is 16.9. The second-order valence-electron chi connectivity index (χ2n) is 6.03. The van der Waals surface area contributed by atoms with Crippen LogP contribution in [-0.4, -0.2) is 23.9 Å². The van der Waals surface area contributed by atoms with Gasteiger partial charge in [0.15, 0.2) is 0 Å². The third-order valence-corrected chi connectivity index (χ3v) is 3.99. The molecule has 5 nitrogen and oxygen atoms in total. The van der Waals surface area contributed by atoms with E-state index >= 15 is 0 Å². The van der Waals surface area contributed by atoms with Crippen LogP contribution in [0.25, 0.3) is 0 Å². The van der Waals surface area contributed by atoms with Crippen LogP contribution < -0.4 is 16.4 Å². The second-order valence-corrected chi connectivity index (χ2v) is 6.98. The SMILES string of the molecule is CC(C)(N)CNC(=O)c1ccc(CNC(=O)c2cccs2)cc1. The van der Waals surface area contributed by atoms with Crippen LogP contribution in [0.5, 0.6) is 0 Å². The summed E-state index contributed by atoms with van der Waals surface area (Å²) in [5, 5.41) is 7.51. The predicted octanol–water partition coefficient (Wildman–Crippen LogP) is 2.15. The van der Waals surface area contributed by atoms with E-state index in [0.717, 1.165) is 5.56 Å². The molecule has 0 unspecified atom stereocenters. The number of thiophene rings is 1. The van der Waals surface area contributed by atoms with Gasteiger partial charge in [-0.2, -0.15) is 0 Å². The van der Waals surface area contributed by atoms with Gasteiger partial charge in [0.2, 0.25) is 0 Å². The van der Waals surface area contributed by atoms with Crippen molar-refractivity contribution in [2.75, 3.05) is 6.54 Å². The van der Waals surface area contributed by atoms with Gasteiger partial charge >= 0.3 is 0 Å². The molecule has 0 bridgehead atoms. The largest absolute Gasteiger partial charge is 0.350 e. The van der Waals surface area contributed by atoms with E-state index in [1.807, 2.05) is 37.4 Å². The number of nitrogens with two attached hydrogens (primary N) is 1. The number of carbonyl (C=O) groups is 2. The van der Waals surface area contributed by atoms with Crippen LogP contribution >= 0.6 is 11.3 Å². The van der Waals surface area contributed by atoms with Gasteiger partial charge < -0.3 is 16.4 Å². The molecule has 6 heteroatoms. The molecule has 4 N–H and O–H groups in total. The fourth-order valence-electron chi connectivity index (χ4n) is 1.86. The van der Waals surface area contributed by atoms with E-state index in [2.05, 4.69) is 10.6 Å². The molecule has 0 spiro atoms. The lowest BCUT2D eigenvalue weighted by Crippen LogP contribution is -2.45. The third kappa shape index (κ3) is 5.50. The first-order valence-corrected chi connectivity index (χ1v) is 8.21. The number of rotatable bonds is 6. The molecule has 2 aromatic rings. The van der Waals surface area contributed by atoms with E-state index in [1.54, 1.807) is 18.2 Å². The molecule has 0 radical (unpaired) electrons. The van der Waals surface area contributed by atoms with Crippen molar-refractivity contribution in [3.8, 4) is 0 Å². The summed E-state index contributed by atoms with van der Waals surface area (Å²) in [4.78, 5) is 24.5. The maximum Gasteiger partial charge on any atom is 0.261 e. The van der Waals surface area contributed by atoms with Gasteiger partial charge in [0, 0.05) is 24.2 Å². The second kappa shape index (κ2) is 7.39. The zero-order valence-corrected chi connectivity index (χ0v) is 14.1. The Morgan fingerprint density at radius 2 is 1.78 bits per heavy atom. The van der Waals surface area contributed by atoms with Gasteiger partial charge in [0.25, 0.3) is 11.8 Å². The third-order valence-electron chi connectivity index (χ3n) is 3.12. The molecule has 122 valence electrons. The summed E-state index contributed by atoms with van der Waals surface area (Å²) >= 11 is 1.40. The first kappa shape index (κ1) is 17.2. The van der Waals surface area contributed by atoms with Crippen LogP contribution in [0.4, 0.5) is 0 Å². The Kier molecular flexibility index (Phi) is 5.52. The van der Waals surface area contributed by atoms with Crippen LogP contribution in [0.1, 0.15) is 39.4 Å². The highest BCUT2D eigenvalue weighted by Gasteiger charge is 2.13. The van der Waals surface area contributed by atoms with Crippen molar-refractivity contribution in [3.63, 3.8) is 0 Å². The van der Waals surface area contributed by atoms with Gasteiger partial charge in [-0.25, -0.2) is 0 Å². The molecule has 0 fully saturated rings. The lowest BCUT2D eigenvalue weighted by molar-refractivity contribution is 0.0940.